The van der Waals surface area contributed by atoms with E-state index in [9.17, 15) is 4.79 Å². The summed E-state index contributed by atoms with van der Waals surface area (Å²) in [5, 5.41) is 5.63. The maximum absolute atomic E-state index is 12.7. The Hall–Kier alpha value is -1.87. The number of fused-ring (bicyclic) bond motifs is 1. The van der Waals surface area contributed by atoms with Crippen molar-refractivity contribution in [2.45, 2.75) is 57.7 Å². The second kappa shape index (κ2) is 5.64. The molecule has 1 heterocycles. The van der Waals surface area contributed by atoms with Crippen LogP contribution in [0, 0.1) is 0 Å². The Balaban J connectivity index is 1.84. The smallest absolute Gasteiger partial charge is 0.339 e. The van der Waals surface area contributed by atoms with Crippen molar-refractivity contribution < 1.29 is 9.53 Å². The SMILES string of the molecule is CC1(C)CC(OC(=O)c2cccc3ccccc23)CC(C)(C)N1. The number of piperidine rings is 1. The number of benzene rings is 2. The lowest BCUT2D eigenvalue weighted by atomic mass is 9.81. The Bertz CT molecular complexity index is 712. The van der Waals surface area contributed by atoms with E-state index in [0.717, 1.165) is 23.6 Å². The van der Waals surface area contributed by atoms with Gasteiger partial charge in [0.2, 0.25) is 0 Å². The summed E-state index contributed by atoms with van der Waals surface area (Å²) < 4.78 is 5.88. The first-order chi connectivity index (χ1) is 10.8. The van der Waals surface area contributed by atoms with Gasteiger partial charge in [0.25, 0.3) is 0 Å². The van der Waals surface area contributed by atoms with Gasteiger partial charge in [-0.3, -0.25) is 0 Å². The van der Waals surface area contributed by atoms with Gasteiger partial charge >= 0.3 is 5.97 Å². The van der Waals surface area contributed by atoms with Crippen LogP contribution in [0.4, 0.5) is 0 Å². The van der Waals surface area contributed by atoms with Crippen LogP contribution in [0.15, 0.2) is 42.5 Å². The van der Waals surface area contributed by atoms with Crippen molar-refractivity contribution in [3.63, 3.8) is 0 Å². The maximum atomic E-state index is 12.7. The van der Waals surface area contributed by atoms with Crippen LogP contribution in [0.5, 0.6) is 0 Å². The van der Waals surface area contributed by atoms with E-state index in [1.807, 2.05) is 42.5 Å². The summed E-state index contributed by atoms with van der Waals surface area (Å²) in [6.45, 7) is 8.64. The molecule has 0 saturated carbocycles. The van der Waals surface area contributed by atoms with Crippen LogP contribution in [0.1, 0.15) is 50.9 Å². The highest BCUT2D eigenvalue weighted by atomic mass is 16.5. The van der Waals surface area contributed by atoms with E-state index in [-0.39, 0.29) is 23.2 Å². The number of nitrogens with one attached hydrogen (secondary N) is 1. The topological polar surface area (TPSA) is 38.3 Å². The summed E-state index contributed by atoms with van der Waals surface area (Å²) in [5.74, 6) is -0.222. The van der Waals surface area contributed by atoms with E-state index in [1.165, 1.54) is 0 Å². The van der Waals surface area contributed by atoms with Crippen molar-refractivity contribution in [2.24, 2.45) is 0 Å². The van der Waals surface area contributed by atoms with E-state index >= 15 is 0 Å². The van der Waals surface area contributed by atoms with Crippen LogP contribution in [-0.4, -0.2) is 23.2 Å². The van der Waals surface area contributed by atoms with Gasteiger partial charge in [0, 0.05) is 23.9 Å². The molecule has 0 aromatic heterocycles. The van der Waals surface area contributed by atoms with Crippen LogP contribution in [-0.2, 0) is 4.74 Å². The molecule has 0 bridgehead atoms. The molecule has 3 rings (SSSR count). The molecular weight excluding hydrogens is 286 g/mol. The van der Waals surface area contributed by atoms with E-state index in [0.29, 0.717) is 5.56 Å². The number of hydrogen-bond acceptors (Lipinski definition) is 3. The first-order valence-corrected chi connectivity index (χ1v) is 8.24. The number of esters is 1. The van der Waals surface area contributed by atoms with Crippen molar-refractivity contribution in [1.29, 1.82) is 0 Å². The van der Waals surface area contributed by atoms with Crippen LogP contribution in [0.2, 0.25) is 0 Å². The fraction of sp³-hybridized carbons (Fsp3) is 0.450. The van der Waals surface area contributed by atoms with E-state index in [4.69, 9.17) is 4.74 Å². The average molecular weight is 311 g/mol. The molecule has 0 atom stereocenters. The number of ether oxygens (including phenoxy) is 1. The Morgan fingerprint density at radius 2 is 1.61 bits per heavy atom. The third-order valence-electron chi connectivity index (χ3n) is 4.44. The third kappa shape index (κ3) is 3.56. The molecule has 1 fully saturated rings. The zero-order valence-electron chi connectivity index (χ0n) is 14.3. The highest BCUT2D eigenvalue weighted by Crippen LogP contribution is 2.31. The lowest BCUT2D eigenvalue weighted by molar-refractivity contribution is -0.00619. The zero-order chi connectivity index (χ0) is 16.7. The van der Waals surface area contributed by atoms with Gasteiger partial charge in [-0.2, -0.15) is 0 Å². The Morgan fingerprint density at radius 1 is 1.00 bits per heavy atom. The normalized spacial score (nSPS) is 20.3. The molecule has 122 valence electrons. The van der Waals surface area contributed by atoms with Crippen LogP contribution in [0.25, 0.3) is 10.8 Å². The molecule has 1 saturated heterocycles. The van der Waals surface area contributed by atoms with Crippen molar-refractivity contribution in [1.82, 2.24) is 5.32 Å². The first kappa shape index (κ1) is 16.0. The summed E-state index contributed by atoms with van der Waals surface area (Å²) in [4.78, 5) is 12.7. The summed E-state index contributed by atoms with van der Waals surface area (Å²) in [5.41, 5.74) is 0.578. The Labute approximate surface area is 138 Å². The highest BCUT2D eigenvalue weighted by Gasteiger charge is 2.39. The third-order valence-corrected chi connectivity index (χ3v) is 4.44. The molecule has 0 unspecified atom stereocenters. The summed E-state index contributed by atoms with van der Waals surface area (Å²) >= 11 is 0. The van der Waals surface area contributed by atoms with Crippen LogP contribution >= 0.6 is 0 Å². The molecule has 0 aliphatic carbocycles. The van der Waals surface area contributed by atoms with Gasteiger partial charge in [0.05, 0.1) is 5.56 Å². The standard InChI is InChI=1S/C20H25NO2/c1-19(2)12-15(13-20(3,4)21-19)23-18(22)17-11-7-9-14-8-5-6-10-16(14)17/h5-11,15,21H,12-13H2,1-4H3. The van der Waals surface area contributed by atoms with Gasteiger partial charge < -0.3 is 10.1 Å². The molecule has 1 aliphatic heterocycles. The van der Waals surface area contributed by atoms with Crippen molar-refractivity contribution in [3.05, 3.63) is 48.0 Å². The first-order valence-electron chi connectivity index (χ1n) is 8.24. The number of carbonyl (C=O) groups excluding carboxylic acids is 1. The predicted octanol–water partition coefficient (Wildman–Crippen LogP) is 4.31. The minimum Gasteiger partial charge on any atom is -0.459 e. The fourth-order valence-corrected chi connectivity index (χ4v) is 3.93. The second-order valence-corrected chi connectivity index (χ2v) is 7.86. The lowest BCUT2D eigenvalue weighted by Gasteiger charge is -2.45. The molecule has 2 aromatic rings. The molecule has 0 amide bonds. The van der Waals surface area contributed by atoms with Gasteiger partial charge in [-0.25, -0.2) is 4.79 Å². The minimum absolute atomic E-state index is 0.0363. The van der Waals surface area contributed by atoms with Gasteiger partial charge in [-0.1, -0.05) is 36.4 Å². The summed E-state index contributed by atoms with van der Waals surface area (Å²) in [6, 6.07) is 13.7. The molecule has 3 nitrogen and oxygen atoms in total. The fourth-order valence-electron chi connectivity index (χ4n) is 3.93. The van der Waals surface area contributed by atoms with Crippen molar-refractivity contribution >= 4 is 16.7 Å². The number of carbonyl (C=O) groups is 1. The van der Waals surface area contributed by atoms with Crippen LogP contribution < -0.4 is 5.32 Å². The maximum Gasteiger partial charge on any atom is 0.339 e. The van der Waals surface area contributed by atoms with Gasteiger partial charge in [0.1, 0.15) is 6.10 Å². The molecule has 1 aliphatic rings. The summed E-state index contributed by atoms with van der Waals surface area (Å²) in [7, 11) is 0. The van der Waals surface area contributed by atoms with Crippen molar-refractivity contribution in [2.75, 3.05) is 0 Å². The minimum atomic E-state index is -0.222. The molecule has 0 spiro atoms. The largest absolute Gasteiger partial charge is 0.459 e. The van der Waals surface area contributed by atoms with Gasteiger partial charge in [-0.05, 0) is 44.5 Å². The average Bonchev–Trinajstić information content (AvgIpc) is 2.43. The molecule has 1 N–H and O–H groups in total. The van der Waals surface area contributed by atoms with Crippen LogP contribution in [0.3, 0.4) is 0 Å². The monoisotopic (exact) mass is 311 g/mol. The quantitative estimate of drug-likeness (QED) is 0.840. The highest BCUT2D eigenvalue weighted by molar-refractivity contribution is 6.04. The predicted molar refractivity (Wildman–Crippen MR) is 93.7 cm³/mol. The lowest BCUT2D eigenvalue weighted by Crippen LogP contribution is -2.59. The van der Waals surface area contributed by atoms with E-state index < -0.39 is 0 Å². The number of hydrogen-bond donors (Lipinski definition) is 1. The Kier molecular flexibility index (Phi) is 3.93. The summed E-state index contributed by atoms with van der Waals surface area (Å²) in [6.07, 6.45) is 1.59. The van der Waals surface area contributed by atoms with E-state index in [1.54, 1.807) is 0 Å². The van der Waals surface area contributed by atoms with Gasteiger partial charge in [0.15, 0.2) is 0 Å². The van der Waals surface area contributed by atoms with E-state index in [2.05, 4.69) is 33.0 Å². The molecule has 23 heavy (non-hydrogen) atoms. The Morgan fingerprint density at radius 3 is 2.30 bits per heavy atom. The number of rotatable bonds is 2. The van der Waals surface area contributed by atoms with Gasteiger partial charge in [-0.15, -0.1) is 0 Å². The molecular formula is C20H25NO2. The zero-order valence-corrected chi connectivity index (χ0v) is 14.3. The molecule has 0 radical (unpaired) electrons. The molecule has 2 aromatic carbocycles. The molecule has 3 heteroatoms. The van der Waals surface area contributed by atoms with Crippen molar-refractivity contribution in [3.8, 4) is 0 Å². The second-order valence-electron chi connectivity index (χ2n) is 7.86.